The van der Waals surface area contributed by atoms with Crippen molar-refractivity contribution in [3.63, 3.8) is 0 Å². The van der Waals surface area contributed by atoms with Gasteiger partial charge in [0.1, 0.15) is 5.82 Å². The lowest BCUT2D eigenvalue weighted by Crippen LogP contribution is -2.30. The van der Waals surface area contributed by atoms with Crippen LogP contribution in [0.25, 0.3) is 0 Å². The van der Waals surface area contributed by atoms with Gasteiger partial charge in [-0.05, 0) is 61.4 Å². The Labute approximate surface area is 157 Å². The molecule has 2 aromatic carbocycles. The molecule has 0 radical (unpaired) electrons. The largest absolute Gasteiger partial charge is 0.345 e. The second-order valence-electron chi connectivity index (χ2n) is 6.25. The van der Waals surface area contributed by atoms with E-state index < -0.39 is 21.7 Å². The minimum Gasteiger partial charge on any atom is -0.345 e. The number of hydrogen-bond donors (Lipinski definition) is 1. The summed E-state index contributed by atoms with van der Waals surface area (Å²) in [7, 11) is -3.53. The smallest absolute Gasteiger partial charge is 0.251 e. The van der Waals surface area contributed by atoms with E-state index in [1.54, 1.807) is 0 Å². The third-order valence-electron chi connectivity index (χ3n) is 4.40. The lowest BCUT2D eigenvalue weighted by atomic mass is 10.1. The Morgan fingerprint density at radius 3 is 2.07 bits per heavy atom. The van der Waals surface area contributed by atoms with Crippen molar-refractivity contribution in [1.29, 1.82) is 0 Å². The van der Waals surface area contributed by atoms with Crippen molar-refractivity contribution in [2.75, 3.05) is 19.6 Å². The predicted molar refractivity (Wildman–Crippen MR) is 97.5 cm³/mol. The van der Waals surface area contributed by atoms with Crippen LogP contribution in [0.3, 0.4) is 0 Å². The summed E-state index contributed by atoms with van der Waals surface area (Å²) in [5.74, 6) is -1.29. The summed E-state index contributed by atoms with van der Waals surface area (Å²) in [6.07, 6.45) is 1.70. The van der Waals surface area contributed by atoms with Crippen molar-refractivity contribution >= 4 is 21.7 Å². The Morgan fingerprint density at radius 2 is 1.48 bits per heavy atom. The van der Waals surface area contributed by atoms with Gasteiger partial charge in [-0.2, -0.15) is 4.31 Å². The lowest BCUT2D eigenvalue weighted by molar-refractivity contribution is 0.0904. The van der Waals surface area contributed by atoms with Crippen LogP contribution in [0.4, 0.5) is 4.39 Å². The first-order chi connectivity index (χ1) is 12.9. The standard InChI is InChI=1S/C19H19FN2O4S/c20-16-7-3-14(4-8-16)18(23)13-21-19(24)15-5-9-17(10-6-15)27(25,26)22-11-1-2-12-22/h3-10H,1-2,11-13H2,(H,21,24). The molecule has 3 rings (SSSR count). The highest BCUT2D eigenvalue weighted by atomic mass is 32.2. The third-order valence-corrected chi connectivity index (χ3v) is 6.31. The number of rotatable bonds is 6. The van der Waals surface area contributed by atoms with E-state index >= 15 is 0 Å². The van der Waals surface area contributed by atoms with Gasteiger partial charge in [0.2, 0.25) is 10.0 Å². The minimum atomic E-state index is -3.53. The highest BCUT2D eigenvalue weighted by Crippen LogP contribution is 2.21. The molecule has 1 fully saturated rings. The fraction of sp³-hybridized carbons (Fsp3) is 0.263. The summed E-state index contributed by atoms with van der Waals surface area (Å²) in [5.41, 5.74) is 0.547. The summed E-state index contributed by atoms with van der Waals surface area (Å²) in [4.78, 5) is 24.3. The molecule has 8 heteroatoms. The van der Waals surface area contributed by atoms with Gasteiger partial charge in [-0.3, -0.25) is 9.59 Å². The molecule has 0 unspecified atom stereocenters. The molecule has 0 aromatic heterocycles. The van der Waals surface area contributed by atoms with Crippen LogP contribution >= 0.6 is 0 Å². The molecule has 1 aliphatic rings. The van der Waals surface area contributed by atoms with Crippen molar-refractivity contribution in [3.05, 3.63) is 65.5 Å². The van der Waals surface area contributed by atoms with Crippen molar-refractivity contribution in [2.24, 2.45) is 0 Å². The maximum atomic E-state index is 12.9. The van der Waals surface area contributed by atoms with Crippen LogP contribution in [0.15, 0.2) is 53.4 Å². The van der Waals surface area contributed by atoms with E-state index in [1.165, 1.54) is 52.8 Å². The highest BCUT2D eigenvalue weighted by molar-refractivity contribution is 7.89. The number of sulfonamides is 1. The van der Waals surface area contributed by atoms with Gasteiger partial charge in [-0.15, -0.1) is 0 Å². The number of benzene rings is 2. The molecule has 0 atom stereocenters. The van der Waals surface area contributed by atoms with Gasteiger partial charge in [-0.1, -0.05) is 0 Å². The number of amides is 1. The zero-order chi connectivity index (χ0) is 19.4. The fourth-order valence-corrected chi connectivity index (χ4v) is 4.37. The van der Waals surface area contributed by atoms with Crippen molar-refractivity contribution in [2.45, 2.75) is 17.7 Å². The van der Waals surface area contributed by atoms with E-state index in [1.807, 2.05) is 0 Å². The summed E-state index contributed by atoms with van der Waals surface area (Å²) in [6, 6.07) is 10.7. The quantitative estimate of drug-likeness (QED) is 0.767. The normalized spacial score (nSPS) is 14.9. The first-order valence-corrected chi connectivity index (χ1v) is 9.99. The second kappa shape index (κ2) is 7.98. The maximum absolute atomic E-state index is 12.9. The van der Waals surface area contributed by atoms with Gasteiger partial charge in [-0.25, -0.2) is 12.8 Å². The number of halogens is 1. The fourth-order valence-electron chi connectivity index (χ4n) is 2.86. The number of ketones is 1. The van der Waals surface area contributed by atoms with Crippen LogP contribution in [0.1, 0.15) is 33.6 Å². The molecule has 1 aliphatic heterocycles. The molecule has 0 saturated carbocycles. The predicted octanol–water partition coefficient (Wildman–Crippen LogP) is 2.22. The number of carbonyl (C=O) groups is 2. The van der Waals surface area contributed by atoms with Gasteiger partial charge in [0.15, 0.2) is 5.78 Å². The van der Waals surface area contributed by atoms with Crippen molar-refractivity contribution in [1.82, 2.24) is 9.62 Å². The zero-order valence-corrected chi connectivity index (χ0v) is 15.3. The summed E-state index contributed by atoms with van der Waals surface area (Å²) in [6.45, 7) is 0.782. The van der Waals surface area contributed by atoms with E-state index in [9.17, 15) is 22.4 Å². The average Bonchev–Trinajstić information content (AvgIpc) is 3.22. The number of nitrogens with zero attached hydrogens (tertiary/aromatic N) is 1. The van der Waals surface area contributed by atoms with Crippen LogP contribution in [0.5, 0.6) is 0 Å². The van der Waals surface area contributed by atoms with E-state index in [0.717, 1.165) is 12.8 Å². The molecule has 1 N–H and O–H groups in total. The average molecular weight is 390 g/mol. The molecule has 0 bridgehead atoms. The molecule has 0 aliphatic carbocycles. The number of carbonyl (C=O) groups excluding carboxylic acids is 2. The van der Waals surface area contributed by atoms with Crippen LogP contribution in [0.2, 0.25) is 0 Å². The molecule has 142 valence electrons. The Morgan fingerprint density at radius 1 is 0.926 bits per heavy atom. The maximum Gasteiger partial charge on any atom is 0.251 e. The van der Waals surface area contributed by atoms with Gasteiger partial charge in [0, 0.05) is 24.2 Å². The summed E-state index contributed by atoms with van der Waals surface area (Å²) in [5, 5.41) is 2.48. The topological polar surface area (TPSA) is 83.5 Å². The van der Waals surface area contributed by atoms with Gasteiger partial charge < -0.3 is 5.32 Å². The summed E-state index contributed by atoms with van der Waals surface area (Å²) < 4.78 is 39.2. The minimum absolute atomic E-state index is 0.142. The van der Waals surface area contributed by atoms with Crippen LogP contribution < -0.4 is 5.32 Å². The van der Waals surface area contributed by atoms with E-state index in [-0.39, 0.29) is 22.8 Å². The molecule has 6 nitrogen and oxygen atoms in total. The summed E-state index contributed by atoms with van der Waals surface area (Å²) >= 11 is 0. The van der Waals surface area contributed by atoms with Crippen molar-refractivity contribution in [3.8, 4) is 0 Å². The van der Waals surface area contributed by atoms with E-state index in [2.05, 4.69) is 5.32 Å². The van der Waals surface area contributed by atoms with Gasteiger partial charge >= 0.3 is 0 Å². The monoisotopic (exact) mass is 390 g/mol. The second-order valence-corrected chi connectivity index (χ2v) is 8.19. The molecular formula is C19H19FN2O4S. The van der Waals surface area contributed by atoms with Gasteiger partial charge in [0.05, 0.1) is 11.4 Å². The third kappa shape index (κ3) is 4.40. The Kier molecular flexibility index (Phi) is 5.67. The first kappa shape index (κ1) is 19.2. The molecule has 1 amide bonds. The number of Topliss-reactive ketones (excluding diaryl/α,β-unsaturated/α-hetero) is 1. The molecule has 0 spiro atoms. The highest BCUT2D eigenvalue weighted by Gasteiger charge is 2.27. The zero-order valence-electron chi connectivity index (χ0n) is 14.5. The molecule has 2 aromatic rings. The first-order valence-electron chi connectivity index (χ1n) is 8.55. The Balaban J connectivity index is 1.62. The Hall–Kier alpha value is -2.58. The van der Waals surface area contributed by atoms with Crippen LogP contribution in [-0.4, -0.2) is 44.0 Å². The molecular weight excluding hydrogens is 371 g/mol. The molecule has 27 heavy (non-hydrogen) atoms. The van der Waals surface area contributed by atoms with Crippen LogP contribution in [-0.2, 0) is 10.0 Å². The van der Waals surface area contributed by atoms with Gasteiger partial charge in [0.25, 0.3) is 5.91 Å². The van der Waals surface area contributed by atoms with Crippen molar-refractivity contribution < 1.29 is 22.4 Å². The number of hydrogen-bond acceptors (Lipinski definition) is 4. The van der Waals surface area contributed by atoms with Crippen LogP contribution in [0, 0.1) is 5.82 Å². The lowest BCUT2D eigenvalue weighted by Gasteiger charge is -2.15. The molecule has 1 heterocycles. The van der Waals surface area contributed by atoms with E-state index in [4.69, 9.17) is 0 Å². The SMILES string of the molecule is O=C(CNC(=O)c1ccc(S(=O)(=O)N2CCCC2)cc1)c1ccc(F)cc1. The molecule has 1 saturated heterocycles. The van der Waals surface area contributed by atoms with E-state index in [0.29, 0.717) is 18.7 Å². The Bertz CT molecular complexity index is 935. The number of nitrogens with one attached hydrogen (secondary N) is 1.